The third kappa shape index (κ3) is 1.85. The van der Waals surface area contributed by atoms with Crippen LogP contribution in [0.15, 0.2) is 11.0 Å². The van der Waals surface area contributed by atoms with Gasteiger partial charge in [0.1, 0.15) is 0 Å². The Bertz CT molecular complexity index is 224. The van der Waals surface area contributed by atoms with E-state index in [9.17, 15) is 4.21 Å². The maximum Gasteiger partial charge on any atom is 0.0686 e. The van der Waals surface area contributed by atoms with E-state index in [1.807, 2.05) is 13.8 Å². The molecule has 0 spiro atoms. The summed E-state index contributed by atoms with van der Waals surface area (Å²) < 4.78 is 16.0. The van der Waals surface area contributed by atoms with Gasteiger partial charge in [0.15, 0.2) is 0 Å². The maximum atomic E-state index is 11.1. The van der Waals surface area contributed by atoms with Gasteiger partial charge in [-0.2, -0.15) is 4.86 Å². The summed E-state index contributed by atoms with van der Waals surface area (Å²) in [6.07, 6.45) is 0. The van der Waals surface area contributed by atoms with E-state index in [4.69, 9.17) is 4.74 Å². The van der Waals surface area contributed by atoms with Crippen LogP contribution in [-0.4, -0.2) is 18.1 Å². The first-order valence-corrected chi connectivity index (χ1v) is 4.39. The van der Waals surface area contributed by atoms with Crippen LogP contribution in [0.25, 0.3) is 0 Å². The van der Waals surface area contributed by atoms with Crippen molar-refractivity contribution in [2.24, 2.45) is 0 Å². The molecule has 0 bridgehead atoms. The van der Waals surface area contributed by atoms with E-state index in [0.29, 0.717) is 13.2 Å². The minimum absolute atomic E-state index is 0.666. The highest BCUT2D eigenvalue weighted by Gasteiger charge is 2.04. The van der Waals surface area contributed by atoms with E-state index in [1.165, 1.54) is 0 Å². The molecule has 2 nitrogen and oxygen atoms in total. The van der Waals surface area contributed by atoms with Crippen LogP contribution in [0, 0.1) is 0 Å². The van der Waals surface area contributed by atoms with Gasteiger partial charge < -0.3 is 8.95 Å². The second-order valence-electron chi connectivity index (χ2n) is 2.47. The first kappa shape index (κ1) is 7.82. The van der Waals surface area contributed by atoms with E-state index < -0.39 is 10.4 Å². The smallest absolute Gasteiger partial charge is 0.0686 e. The fourth-order valence-electron chi connectivity index (χ4n) is 0.557. The molecule has 1 heterocycles. The van der Waals surface area contributed by atoms with Crippen molar-refractivity contribution >= 4 is 15.3 Å². The Balaban J connectivity index is 2.69. The van der Waals surface area contributed by atoms with Gasteiger partial charge in [0.2, 0.25) is 0 Å². The lowest BCUT2D eigenvalue weighted by Gasteiger charge is -2.19. The molecule has 1 fully saturated rings. The summed E-state index contributed by atoms with van der Waals surface area (Å²) in [5.41, 5.74) is 1.15. The quantitative estimate of drug-likeness (QED) is 0.422. The topological polar surface area (TPSA) is 26.3 Å². The molecule has 0 aromatic carbocycles. The van der Waals surface area contributed by atoms with Crippen molar-refractivity contribution in [3.63, 3.8) is 0 Å². The van der Waals surface area contributed by atoms with Crippen molar-refractivity contribution in [3.8, 4) is 0 Å². The van der Waals surface area contributed by atoms with Crippen molar-refractivity contribution in [3.05, 3.63) is 11.0 Å². The Labute approximate surface area is 62.9 Å². The van der Waals surface area contributed by atoms with Gasteiger partial charge >= 0.3 is 0 Å². The molecule has 1 aliphatic rings. The van der Waals surface area contributed by atoms with E-state index in [0.717, 1.165) is 10.4 Å². The zero-order chi connectivity index (χ0) is 7.56. The van der Waals surface area contributed by atoms with Crippen LogP contribution >= 0.6 is 0 Å². The second-order valence-corrected chi connectivity index (χ2v) is 4.12. The number of ether oxygens (including phenoxy) is 1. The van der Waals surface area contributed by atoms with Crippen LogP contribution in [0.3, 0.4) is 0 Å². The van der Waals surface area contributed by atoms with Crippen molar-refractivity contribution < 1.29 is 8.95 Å². The molecule has 10 heavy (non-hydrogen) atoms. The minimum Gasteiger partial charge on any atom is -0.457 e. The predicted octanol–water partition coefficient (Wildman–Crippen LogP) is 1.08. The summed E-state index contributed by atoms with van der Waals surface area (Å²) in [6.45, 7) is 5.07. The summed E-state index contributed by atoms with van der Waals surface area (Å²) in [7, 11) is -0.876. The molecule has 0 aliphatic carbocycles. The zero-order valence-corrected chi connectivity index (χ0v) is 7.03. The van der Waals surface area contributed by atoms with Crippen molar-refractivity contribution in [1.82, 2.24) is 0 Å². The van der Waals surface area contributed by atoms with Crippen LogP contribution in [0.1, 0.15) is 13.8 Å². The van der Waals surface area contributed by atoms with Crippen LogP contribution in [0.5, 0.6) is 0 Å². The van der Waals surface area contributed by atoms with Crippen molar-refractivity contribution in [1.29, 1.82) is 0 Å². The van der Waals surface area contributed by atoms with Gasteiger partial charge in [-0.05, 0) is 5.57 Å². The van der Waals surface area contributed by atoms with E-state index in [-0.39, 0.29) is 0 Å². The highest BCUT2D eigenvalue weighted by atomic mass is 32.2. The normalized spacial score (nSPS) is 16.9. The number of hydrogen-bond donors (Lipinski definition) is 0. The van der Waals surface area contributed by atoms with Crippen LogP contribution < -0.4 is 0 Å². The monoisotopic (exact) mass is 159 g/mol. The molecule has 0 aromatic heterocycles. The molecular weight excluding hydrogens is 148 g/mol. The summed E-state index contributed by atoms with van der Waals surface area (Å²) in [6, 6.07) is 0. The molecule has 0 unspecified atom stereocenters. The van der Waals surface area contributed by atoms with Gasteiger partial charge in [-0.3, -0.25) is 10.4 Å². The SMILES string of the molecule is CC(C)=[S-](=O)C=C1COC1. The largest absolute Gasteiger partial charge is 0.457 e. The van der Waals surface area contributed by atoms with Gasteiger partial charge in [0.05, 0.1) is 13.2 Å². The molecule has 3 heteroatoms. The van der Waals surface area contributed by atoms with E-state index in [1.54, 1.807) is 5.41 Å². The highest BCUT2D eigenvalue weighted by molar-refractivity contribution is 7.87. The molecule has 0 aromatic rings. The minimum atomic E-state index is -0.876. The molecule has 0 saturated carbocycles. The Kier molecular flexibility index (Phi) is 2.51. The Morgan fingerprint density at radius 3 is 2.50 bits per heavy atom. The molecule has 0 atom stereocenters. The summed E-state index contributed by atoms with van der Waals surface area (Å²) in [5.74, 6) is 0. The lowest BCUT2D eigenvalue weighted by Crippen LogP contribution is -2.16. The lowest BCUT2D eigenvalue weighted by molar-refractivity contribution is 0.103. The third-order valence-electron chi connectivity index (χ3n) is 1.25. The Hall–Kier alpha value is -0.280. The van der Waals surface area contributed by atoms with Gasteiger partial charge in [-0.25, -0.2) is 0 Å². The molecule has 0 radical (unpaired) electrons. The molecule has 1 rings (SSSR count). The first-order chi connectivity index (χ1) is 4.70. The second kappa shape index (κ2) is 3.21. The van der Waals surface area contributed by atoms with Gasteiger partial charge in [-0.1, -0.05) is 13.8 Å². The van der Waals surface area contributed by atoms with E-state index >= 15 is 0 Å². The Morgan fingerprint density at radius 1 is 1.60 bits per heavy atom. The average molecular weight is 159 g/mol. The molecule has 1 aliphatic heterocycles. The first-order valence-electron chi connectivity index (χ1n) is 3.18. The van der Waals surface area contributed by atoms with Gasteiger partial charge in [0.25, 0.3) is 0 Å². The molecule has 1 saturated heterocycles. The average Bonchev–Trinajstić information content (AvgIpc) is 1.77. The number of hydrogen-bond acceptors (Lipinski definition) is 3. The molecule has 0 N–H and O–H groups in total. The van der Waals surface area contributed by atoms with Crippen LogP contribution in [-0.2, 0) is 19.3 Å². The van der Waals surface area contributed by atoms with Gasteiger partial charge in [0, 0.05) is 0 Å². The van der Waals surface area contributed by atoms with Crippen LogP contribution in [0.2, 0.25) is 0 Å². The predicted molar refractivity (Wildman–Crippen MR) is 43.3 cm³/mol. The van der Waals surface area contributed by atoms with Crippen LogP contribution in [0.4, 0.5) is 0 Å². The molecule has 58 valence electrons. The molecular formula is C7H11O2S-. The summed E-state index contributed by atoms with van der Waals surface area (Å²) in [4.78, 5) is 0.944. The summed E-state index contributed by atoms with van der Waals surface area (Å²) >= 11 is 0. The Morgan fingerprint density at radius 2 is 2.20 bits per heavy atom. The third-order valence-corrected chi connectivity index (χ3v) is 2.60. The lowest BCUT2D eigenvalue weighted by atomic mass is 10.3. The zero-order valence-electron chi connectivity index (χ0n) is 6.22. The van der Waals surface area contributed by atoms with E-state index in [2.05, 4.69) is 0 Å². The fourth-order valence-corrected chi connectivity index (χ4v) is 1.23. The highest BCUT2D eigenvalue weighted by Crippen LogP contribution is 2.07. The van der Waals surface area contributed by atoms with Gasteiger partial charge in [-0.15, -0.1) is 5.41 Å². The van der Waals surface area contributed by atoms with Crippen molar-refractivity contribution in [2.75, 3.05) is 13.2 Å². The fraction of sp³-hybridized carbons (Fsp3) is 0.571. The standard InChI is InChI=1S/C7H11O2S/c1-6(2)10(8)5-7-3-9-4-7/h5H,3-4H2,1-2H3/q-1. The maximum absolute atomic E-state index is 11.1. The molecule has 0 amide bonds. The van der Waals surface area contributed by atoms with Crippen molar-refractivity contribution in [2.45, 2.75) is 13.8 Å². The number of rotatable bonds is 1. The summed E-state index contributed by atoms with van der Waals surface area (Å²) in [5, 5.41) is 1.78.